The van der Waals surface area contributed by atoms with Crippen LogP contribution in [0.2, 0.25) is 0 Å². The topological polar surface area (TPSA) is 74.8 Å². The third kappa shape index (κ3) is 2.99. The van der Waals surface area contributed by atoms with E-state index in [1.165, 1.54) is 17.5 Å². The van der Waals surface area contributed by atoms with E-state index < -0.39 is 10.0 Å². The summed E-state index contributed by atoms with van der Waals surface area (Å²) >= 11 is 1.18. The molecule has 0 amide bonds. The number of nitrogens with one attached hydrogen (secondary N) is 2. The van der Waals surface area contributed by atoms with Crippen LogP contribution in [0, 0.1) is 6.92 Å². The zero-order valence-corrected chi connectivity index (χ0v) is 13.1. The average Bonchev–Trinajstić information content (AvgIpc) is 3.06. The molecule has 5 nitrogen and oxygen atoms in total. The Kier molecular flexibility index (Phi) is 3.79. The van der Waals surface area contributed by atoms with Gasteiger partial charge >= 0.3 is 0 Å². The number of hydrogen-bond acceptors (Lipinski definition) is 4. The lowest BCUT2D eigenvalue weighted by atomic mass is 10.1. The predicted molar refractivity (Wildman–Crippen MR) is 84.0 cm³/mol. The number of H-pyrrole nitrogens is 1. The number of rotatable bonds is 5. The molecule has 0 atom stereocenters. The number of aromatic amines is 1. The summed E-state index contributed by atoms with van der Waals surface area (Å²) in [5.41, 5.74) is 2.17. The molecular weight excluding hydrogens is 306 g/mol. The number of thiazole rings is 1. The molecule has 3 aromatic rings. The third-order valence-electron chi connectivity index (χ3n) is 3.23. The Bertz CT molecular complexity index is 865. The fraction of sp³-hybridized carbons (Fsp3) is 0.214. The number of para-hydroxylation sites is 1. The molecule has 0 saturated carbocycles. The van der Waals surface area contributed by atoms with Crippen molar-refractivity contribution in [2.45, 2.75) is 17.6 Å². The maximum absolute atomic E-state index is 12.1. The van der Waals surface area contributed by atoms with Crippen molar-refractivity contribution in [3.8, 4) is 0 Å². The molecule has 7 heteroatoms. The molecule has 3 rings (SSSR count). The fourth-order valence-corrected chi connectivity index (χ4v) is 4.38. The van der Waals surface area contributed by atoms with Crippen LogP contribution < -0.4 is 4.72 Å². The largest absolute Gasteiger partial charge is 0.361 e. The second-order valence-corrected chi connectivity index (χ2v) is 7.93. The van der Waals surface area contributed by atoms with Crippen molar-refractivity contribution in [3.05, 3.63) is 47.2 Å². The molecule has 0 spiro atoms. The van der Waals surface area contributed by atoms with Crippen molar-refractivity contribution >= 4 is 32.3 Å². The molecule has 0 unspecified atom stereocenters. The first-order valence-electron chi connectivity index (χ1n) is 6.53. The summed E-state index contributed by atoms with van der Waals surface area (Å²) in [6.07, 6.45) is 3.96. The summed E-state index contributed by atoms with van der Waals surface area (Å²) in [4.78, 5) is 7.16. The van der Waals surface area contributed by atoms with E-state index in [1.54, 1.807) is 6.92 Å². The Morgan fingerprint density at radius 1 is 1.33 bits per heavy atom. The molecule has 0 aliphatic heterocycles. The standard InChI is InChI=1S/C14H15N3O2S2/c1-10-15-9-14(20-10)21(18,19)17-7-6-11-8-16-13-5-3-2-4-12(11)13/h2-5,8-9,16-17H,6-7H2,1H3. The second kappa shape index (κ2) is 5.59. The molecule has 0 aliphatic carbocycles. The zero-order valence-electron chi connectivity index (χ0n) is 11.5. The van der Waals surface area contributed by atoms with Crippen LogP contribution in [0.3, 0.4) is 0 Å². The lowest BCUT2D eigenvalue weighted by Gasteiger charge is -2.03. The molecule has 0 aliphatic rings. The average molecular weight is 321 g/mol. The number of aromatic nitrogens is 2. The maximum Gasteiger partial charge on any atom is 0.251 e. The van der Waals surface area contributed by atoms with Gasteiger partial charge in [-0.15, -0.1) is 11.3 Å². The highest BCUT2D eigenvalue weighted by atomic mass is 32.2. The molecule has 0 bridgehead atoms. The van der Waals surface area contributed by atoms with Gasteiger partial charge in [0.15, 0.2) is 4.21 Å². The first-order chi connectivity index (χ1) is 10.1. The molecule has 2 heterocycles. The van der Waals surface area contributed by atoms with E-state index in [9.17, 15) is 8.42 Å². The number of fused-ring (bicyclic) bond motifs is 1. The van der Waals surface area contributed by atoms with Crippen molar-refractivity contribution < 1.29 is 8.42 Å². The zero-order chi connectivity index (χ0) is 14.9. The molecular formula is C14H15N3O2S2. The predicted octanol–water partition coefficient (Wildman–Crippen LogP) is 2.45. The van der Waals surface area contributed by atoms with Crippen molar-refractivity contribution in [1.29, 1.82) is 0 Å². The first-order valence-corrected chi connectivity index (χ1v) is 8.83. The van der Waals surface area contributed by atoms with Crippen LogP contribution in [0.5, 0.6) is 0 Å². The Labute approximate surface area is 127 Å². The van der Waals surface area contributed by atoms with Gasteiger partial charge in [0.05, 0.1) is 11.2 Å². The third-order valence-corrected chi connectivity index (χ3v) is 6.06. The SMILES string of the molecule is Cc1ncc(S(=O)(=O)NCCc2c[nH]c3ccccc23)s1. The van der Waals surface area contributed by atoms with Crippen LogP contribution in [0.4, 0.5) is 0 Å². The van der Waals surface area contributed by atoms with E-state index >= 15 is 0 Å². The summed E-state index contributed by atoms with van der Waals surface area (Å²) in [6.45, 7) is 2.15. The van der Waals surface area contributed by atoms with Crippen LogP contribution in [0.1, 0.15) is 10.6 Å². The van der Waals surface area contributed by atoms with Gasteiger partial charge in [0.25, 0.3) is 10.0 Å². The lowest BCUT2D eigenvalue weighted by molar-refractivity contribution is 0.583. The number of sulfonamides is 1. The van der Waals surface area contributed by atoms with Crippen LogP contribution in [-0.2, 0) is 16.4 Å². The number of hydrogen-bond donors (Lipinski definition) is 2. The normalized spacial score (nSPS) is 12.0. The van der Waals surface area contributed by atoms with E-state index in [0.717, 1.165) is 21.5 Å². The van der Waals surface area contributed by atoms with Crippen molar-refractivity contribution in [2.24, 2.45) is 0 Å². The smallest absolute Gasteiger partial charge is 0.251 e. The molecule has 0 saturated heterocycles. The highest BCUT2D eigenvalue weighted by molar-refractivity contribution is 7.91. The van der Waals surface area contributed by atoms with Gasteiger partial charge in [0.2, 0.25) is 0 Å². The van der Waals surface area contributed by atoms with E-state index in [0.29, 0.717) is 13.0 Å². The van der Waals surface area contributed by atoms with E-state index in [1.807, 2.05) is 30.5 Å². The molecule has 2 aromatic heterocycles. The van der Waals surface area contributed by atoms with Gasteiger partial charge in [0, 0.05) is 23.6 Å². The van der Waals surface area contributed by atoms with E-state index in [4.69, 9.17) is 0 Å². The minimum atomic E-state index is -3.45. The summed E-state index contributed by atoms with van der Waals surface area (Å²) in [5, 5.41) is 1.87. The number of aryl methyl sites for hydroxylation is 1. The van der Waals surface area contributed by atoms with Crippen molar-refractivity contribution in [3.63, 3.8) is 0 Å². The molecule has 110 valence electrons. The van der Waals surface area contributed by atoms with Gasteiger partial charge in [0.1, 0.15) is 0 Å². The molecule has 0 radical (unpaired) electrons. The Morgan fingerprint density at radius 2 is 2.14 bits per heavy atom. The molecule has 0 fully saturated rings. The quantitative estimate of drug-likeness (QED) is 0.758. The van der Waals surface area contributed by atoms with Gasteiger partial charge in [-0.25, -0.2) is 18.1 Å². The van der Waals surface area contributed by atoms with Gasteiger partial charge in [-0.2, -0.15) is 0 Å². The Balaban J connectivity index is 1.69. The van der Waals surface area contributed by atoms with Gasteiger partial charge < -0.3 is 4.98 Å². The van der Waals surface area contributed by atoms with Gasteiger partial charge in [-0.3, -0.25) is 0 Å². The number of benzene rings is 1. The van der Waals surface area contributed by atoms with Crippen molar-refractivity contribution in [1.82, 2.24) is 14.7 Å². The molecule has 21 heavy (non-hydrogen) atoms. The van der Waals surface area contributed by atoms with Crippen LogP contribution >= 0.6 is 11.3 Å². The highest BCUT2D eigenvalue weighted by Gasteiger charge is 2.16. The maximum atomic E-state index is 12.1. The van der Waals surface area contributed by atoms with Crippen LogP contribution in [-0.4, -0.2) is 24.9 Å². The summed E-state index contributed by atoms with van der Waals surface area (Å²) in [5.74, 6) is 0. The highest BCUT2D eigenvalue weighted by Crippen LogP contribution is 2.19. The van der Waals surface area contributed by atoms with E-state index in [-0.39, 0.29) is 4.21 Å². The first kappa shape index (κ1) is 14.2. The Hall–Kier alpha value is -1.70. The summed E-state index contributed by atoms with van der Waals surface area (Å²) in [6, 6.07) is 7.98. The van der Waals surface area contributed by atoms with E-state index in [2.05, 4.69) is 14.7 Å². The monoisotopic (exact) mass is 321 g/mol. The molecule has 1 aromatic carbocycles. The molecule has 2 N–H and O–H groups in total. The number of nitrogens with zero attached hydrogens (tertiary/aromatic N) is 1. The second-order valence-electron chi connectivity index (χ2n) is 4.71. The minimum absolute atomic E-state index is 0.263. The summed E-state index contributed by atoms with van der Waals surface area (Å²) in [7, 11) is -3.45. The fourth-order valence-electron chi connectivity index (χ4n) is 2.20. The van der Waals surface area contributed by atoms with Gasteiger partial charge in [-0.05, 0) is 25.0 Å². The lowest BCUT2D eigenvalue weighted by Crippen LogP contribution is -2.25. The minimum Gasteiger partial charge on any atom is -0.361 e. The summed E-state index contributed by atoms with van der Waals surface area (Å²) < 4.78 is 27.1. The van der Waals surface area contributed by atoms with Crippen molar-refractivity contribution in [2.75, 3.05) is 6.54 Å². The van der Waals surface area contributed by atoms with Gasteiger partial charge in [-0.1, -0.05) is 18.2 Å². The Morgan fingerprint density at radius 3 is 2.90 bits per heavy atom. The van der Waals surface area contributed by atoms with Crippen LogP contribution in [0.25, 0.3) is 10.9 Å². The van der Waals surface area contributed by atoms with Crippen LogP contribution in [0.15, 0.2) is 40.9 Å².